The van der Waals surface area contributed by atoms with Gasteiger partial charge >= 0.3 is 10.1 Å². The Labute approximate surface area is 183 Å². The van der Waals surface area contributed by atoms with Crippen LogP contribution in [0.3, 0.4) is 0 Å². The highest BCUT2D eigenvalue weighted by Crippen LogP contribution is 2.37. The molecule has 7 nitrogen and oxygen atoms in total. The number of halogens is 2. The molecule has 2 amide bonds. The van der Waals surface area contributed by atoms with E-state index in [9.17, 15) is 18.0 Å². The van der Waals surface area contributed by atoms with Crippen molar-refractivity contribution >= 4 is 73.3 Å². The number of ether oxygens (including phenoxy) is 1. The summed E-state index contributed by atoms with van der Waals surface area (Å²) in [6.07, 6.45) is 1.51. The fraction of sp³-hybridized carbons (Fsp3) is 0.0588. The van der Waals surface area contributed by atoms with E-state index in [1.807, 2.05) is 22.6 Å². The molecule has 1 aliphatic rings. The van der Waals surface area contributed by atoms with Crippen molar-refractivity contribution in [2.24, 2.45) is 0 Å². The average Bonchev–Trinajstić information content (AvgIpc) is 2.94. The van der Waals surface area contributed by atoms with Gasteiger partial charge in [0.2, 0.25) is 0 Å². The maximum Gasteiger partial charge on any atom is 0.339 e. The van der Waals surface area contributed by atoms with Gasteiger partial charge in [-0.1, -0.05) is 11.6 Å². The predicted octanol–water partition coefficient (Wildman–Crippen LogP) is 4.04. The van der Waals surface area contributed by atoms with Gasteiger partial charge in [0.25, 0.3) is 11.1 Å². The molecule has 0 aliphatic carbocycles. The number of amides is 2. The number of nitrogens with one attached hydrogen (secondary N) is 1. The molecule has 2 aromatic carbocycles. The average molecular weight is 552 g/mol. The van der Waals surface area contributed by atoms with Gasteiger partial charge in [0, 0.05) is 5.02 Å². The lowest BCUT2D eigenvalue weighted by Gasteiger charge is -2.13. The van der Waals surface area contributed by atoms with Gasteiger partial charge in [0.05, 0.1) is 15.6 Å². The summed E-state index contributed by atoms with van der Waals surface area (Å²) in [6, 6.07) is 8.69. The van der Waals surface area contributed by atoms with Crippen LogP contribution in [-0.2, 0) is 14.9 Å². The van der Waals surface area contributed by atoms with Crippen molar-refractivity contribution in [3.8, 4) is 11.5 Å². The van der Waals surface area contributed by atoms with Crippen molar-refractivity contribution in [3.63, 3.8) is 0 Å². The quantitative estimate of drug-likeness (QED) is 0.340. The SMILES string of the molecule is COc1cc(/C=C2\SC(=O)NC2=O)cc(I)c1OS(=O)(=O)c1ccc(Cl)cc1. The largest absolute Gasteiger partial charge is 0.493 e. The highest BCUT2D eigenvalue weighted by Gasteiger charge is 2.26. The van der Waals surface area contributed by atoms with Crippen molar-refractivity contribution in [3.05, 3.63) is 55.5 Å². The first-order valence-corrected chi connectivity index (χ1v) is 11.2. The van der Waals surface area contributed by atoms with Crippen LogP contribution in [0.1, 0.15) is 5.56 Å². The van der Waals surface area contributed by atoms with Crippen LogP contribution in [0, 0.1) is 3.57 Å². The van der Waals surface area contributed by atoms with Crippen LogP contribution in [0.25, 0.3) is 6.08 Å². The molecule has 28 heavy (non-hydrogen) atoms. The molecule has 1 aliphatic heterocycles. The molecule has 0 saturated carbocycles. The first-order valence-electron chi connectivity index (χ1n) is 7.52. The maximum absolute atomic E-state index is 12.5. The first kappa shape index (κ1) is 21.0. The van der Waals surface area contributed by atoms with Crippen molar-refractivity contribution in [1.82, 2.24) is 5.32 Å². The van der Waals surface area contributed by atoms with Crippen molar-refractivity contribution in [2.75, 3.05) is 7.11 Å². The molecule has 0 aromatic heterocycles. The molecule has 1 fully saturated rings. The number of methoxy groups -OCH3 is 1. The number of carbonyl (C=O) groups is 2. The van der Waals surface area contributed by atoms with E-state index in [0.29, 0.717) is 14.2 Å². The Morgan fingerprint density at radius 2 is 1.86 bits per heavy atom. The number of imide groups is 1. The van der Waals surface area contributed by atoms with Crippen LogP contribution < -0.4 is 14.2 Å². The molecule has 11 heteroatoms. The van der Waals surface area contributed by atoms with Crippen molar-refractivity contribution < 1.29 is 26.9 Å². The normalized spacial score (nSPS) is 15.6. The third-order valence-corrected chi connectivity index (χ3v) is 6.59. The number of benzene rings is 2. The highest BCUT2D eigenvalue weighted by molar-refractivity contribution is 14.1. The number of rotatable bonds is 5. The minimum atomic E-state index is -4.11. The minimum absolute atomic E-state index is 0.0137. The lowest BCUT2D eigenvalue weighted by atomic mass is 10.2. The lowest BCUT2D eigenvalue weighted by Crippen LogP contribution is -2.17. The Kier molecular flexibility index (Phi) is 6.22. The van der Waals surface area contributed by atoms with E-state index >= 15 is 0 Å². The van der Waals surface area contributed by atoms with Crippen molar-refractivity contribution in [1.29, 1.82) is 0 Å². The van der Waals surface area contributed by atoms with Gasteiger partial charge in [-0.05, 0) is 82.4 Å². The van der Waals surface area contributed by atoms with Gasteiger partial charge in [-0.2, -0.15) is 8.42 Å². The Bertz CT molecular complexity index is 1100. The van der Waals surface area contributed by atoms with Gasteiger partial charge in [0.1, 0.15) is 4.90 Å². The summed E-state index contributed by atoms with van der Waals surface area (Å²) in [5.74, 6) is -0.319. The third kappa shape index (κ3) is 4.62. The first-order chi connectivity index (χ1) is 13.2. The zero-order valence-corrected chi connectivity index (χ0v) is 18.6. The van der Waals surface area contributed by atoms with Crippen LogP contribution >= 0.6 is 46.0 Å². The van der Waals surface area contributed by atoms with Crippen LogP contribution in [0.2, 0.25) is 5.02 Å². The molecule has 1 N–H and O–H groups in total. The highest BCUT2D eigenvalue weighted by atomic mass is 127. The molecule has 146 valence electrons. The second kappa shape index (κ2) is 8.31. The Morgan fingerprint density at radius 3 is 2.43 bits per heavy atom. The van der Waals surface area contributed by atoms with Gasteiger partial charge in [-0.3, -0.25) is 14.9 Å². The summed E-state index contributed by atoms with van der Waals surface area (Å²) in [5.41, 5.74) is 0.546. The molecular weight excluding hydrogens is 541 g/mol. The number of thioether (sulfide) groups is 1. The minimum Gasteiger partial charge on any atom is -0.493 e. The van der Waals surface area contributed by atoms with E-state index in [2.05, 4.69) is 5.32 Å². The summed E-state index contributed by atoms with van der Waals surface area (Å²) in [4.78, 5) is 23.1. The molecule has 1 saturated heterocycles. The Morgan fingerprint density at radius 1 is 1.18 bits per heavy atom. The van der Waals surface area contributed by atoms with Crippen LogP contribution in [0.5, 0.6) is 11.5 Å². The fourth-order valence-corrected chi connectivity index (χ4v) is 4.89. The number of hydrogen-bond donors (Lipinski definition) is 1. The molecule has 0 atom stereocenters. The summed E-state index contributed by atoms with van der Waals surface area (Å²) in [6.45, 7) is 0. The smallest absolute Gasteiger partial charge is 0.339 e. The standard InChI is InChI=1S/C17H11ClINO6S2/c1-25-13-7-9(8-14-16(21)20-17(22)27-14)6-12(19)15(13)26-28(23,24)11-4-2-10(18)3-5-11/h2-8H,1H3,(H,20,21,22)/b14-8-. The predicted molar refractivity (Wildman–Crippen MR) is 114 cm³/mol. The Hall–Kier alpha value is -1.76. The molecule has 3 rings (SSSR count). The van der Waals surface area contributed by atoms with E-state index in [1.54, 1.807) is 6.07 Å². The fourth-order valence-electron chi connectivity index (χ4n) is 2.24. The second-order valence-corrected chi connectivity index (χ2v) is 9.54. The van der Waals surface area contributed by atoms with Crippen LogP contribution in [0.15, 0.2) is 46.2 Å². The van der Waals surface area contributed by atoms with E-state index in [1.165, 1.54) is 43.5 Å². The summed E-state index contributed by atoms with van der Waals surface area (Å²) in [7, 11) is -2.74. The number of hydrogen-bond acceptors (Lipinski definition) is 7. The second-order valence-electron chi connectivity index (χ2n) is 5.38. The Balaban J connectivity index is 1.96. The maximum atomic E-state index is 12.5. The summed E-state index contributed by atoms with van der Waals surface area (Å²) < 4.78 is 36.1. The monoisotopic (exact) mass is 551 g/mol. The lowest BCUT2D eigenvalue weighted by molar-refractivity contribution is -0.115. The zero-order valence-electron chi connectivity index (χ0n) is 14.1. The van der Waals surface area contributed by atoms with Crippen LogP contribution in [0.4, 0.5) is 4.79 Å². The van der Waals surface area contributed by atoms with E-state index in [-0.39, 0.29) is 21.3 Å². The van der Waals surface area contributed by atoms with Crippen molar-refractivity contribution in [2.45, 2.75) is 4.90 Å². The van der Waals surface area contributed by atoms with Gasteiger partial charge < -0.3 is 8.92 Å². The summed E-state index contributed by atoms with van der Waals surface area (Å²) >= 11 is 8.47. The van der Waals surface area contributed by atoms with Gasteiger partial charge in [-0.15, -0.1) is 0 Å². The van der Waals surface area contributed by atoms with Crippen LogP contribution in [-0.4, -0.2) is 26.7 Å². The van der Waals surface area contributed by atoms with E-state index in [0.717, 1.165) is 11.8 Å². The van der Waals surface area contributed by atoms with Gasteiger partial charge in [0.15, 0.2) is 11.5 Å². The molecule has 0 unspecified atom stereocenters. The van der Waals surface area contributed by atoms with Gasteiger partial charge in [-0.25, -0.2) is 0 Å². The molecule has 0 spiro atoms. The molecule has 0 bridgehead atoms. The molecule has 0 radical (unpaired) electrons. The molecular formula is C17H11ClINO6S2. The van der Waals surface area contributed by atoms with E-state index < -0.39 is 21.3 Å². The zero-order chi connectivity index (χ0) is 20.5. The third-order valence-electron chi connectivity index (χ3n) is 3.49. The molecule has 2 aromatic rings. The summed E-state index contributed by atoms with van der Waals surface area (Å²) in [5, 5.41) is 2.11. The van der Waals surface area contributed by atoms with E-state index in [4.69, 9.17) is 20.5 Å². The topological polar surface area (TPSA) is 98.8 Å². The number of carbonyl (C=O) groups excluding carboxylic acids is 2. The molecule has 1 heterocycles.